The average Bonchev–Trinajstić information content (AvgIpc) is 3.02. The Morgan fingerprint density at radius 3 is 2.25 bits per heavy atom. The standard InChI is InChI=1S/C16H25N5O3/c1-4-20(5-2)14(22)12-19-6-8-21(9-7-19)16(24)15(23)13-10-17-18(3)11-13/h10-11H,4-9,12H2,1-3H3. The van der Waals surface area contributed by atoms with Crippen LogP contribution in [0.4, 0.5) is 0 Å². The van der Waals surface area contributed by atoms with Crippen LogP contribution >= 0.6 is 0 Å². The minimum absolute atomic E-state index is 0.103. The zero-order valence-electron chi connectivity index (χ0n) is 14.6. The molecule has 0 aliphatic carbocycles. The molecule has 0 unspecified atom stereocenters. The maximum Gasteiger partial charge on any atom is 0.295 e. The molecule has 2 rings (SSSR count). The number of ketones is 1. The van der Waals surface area contributed by atoms with E-state index >= 15 is 0 Å². The van der Waals surface area contributed by atoms with E-state index in [4.69, 9.17) is 0 Å². The predicted molar refractivity (Wildman–Crippen MR) is 88.5 cm³/mol. The molecular formula is C16H25N5O3. The van der Waals surface area contributed by atoms with Gasteiger partial charge in [0.1, 0.15) is 0 Å². The summed E-state index contributed by atoms with van der Waals surface area (Å²) in [5.74, 6) is -0.931. The fraction of sp³-hybridized carbons (Fsp3) is 0.625. The number of aromatic nitrogens is 2. The molecule has 1 fully saturated rings. The summed E-state index contributed by atoms with van der Waals surface area (Å²) in [5.41, 5.74) is 0.307. The molecule has 0 saturated carbocycles. The maximum atomic E-state index is 12.3. The lowest BCUT2D eigenvalue weighted by Gasteiger charge is -2.34. The van der Waals surface area contributed by atoms with Gasteiger partial charge >= 0.3 is 0 Å². The number of Topliss-reactive ketones (excluding diaryl/α,β-unsaturated/α-hetero) is 1. The van der Waals surface area contributed by atoms with Gasteiger partial charge in [0.15, 0.2) is 0 Å². The van der Waals surface area contributed by atoms with E-state index in [1.807, 2.05) is 18.7 Å². The van der Waals surface area contributed by atoms with Gasteiger partial charge in [0.2, 0.25) is 5.91 Å². The molecule has 1 aromatic rings. The largest absolute Gasteiger partial charge is 0.342 e. The zero-order chi connectivity index (χ0) is 17.7. The number of hydrogen-bond donors (Lipinski definition) is 0. The second-order valence-corrected chi connectivity index (χ2v) is 5.87. The SMILES string of the molecule is CCN(CC)C(=O)CN1CCN(C(=O)C(=O)c2cnn(C)c2)CC1. The third kappa shape index (κ3) is 4.19. The highest BCUT2D eigenvalue weighted by atomic mass is 16.2. The van der Waals surface area contributed by atoms with E-state index < -0.39 is 11.7 Å². The van der Waals surface area contributed by atoms with Gasteiger partial charge < -0.3 is 9.80 Å². The van der Waals surface area contributed by atoms with Gasteiger partial charge in [-0.25, -0.2) is 0 Å². The van der Waals surface area contributed by atoms with Crippen LogP contribution < -0.4 is 0 Å². The minimum Gasteiger partial charge on any atom is -0.342 e. The number of carbonyl (C=O) groups is 3. The van der Waals surface area contributed by atoms with Gasteiger partial charge in [-0.3, -0.25) is 24.0 Å². The van der Waals surface area contributed by atoms with Gasteiger partial charge in [-0.2, -0.15) is 5.10 Å². The number of piperazine rings is 1. The number of nitrogens with zero attached hydrogens (tertiary/aromatic N) is 5. The molecule has 1 aliphatic rings. The van der Waals surface area contributed by atoms with E-state index in [2.05, 4.69) is 5.10 Å². The monoisotopic (exact) mass is 335 g/mol. The van der Waals surface area contributed by atoms with Crippen molar-refractivity contribution in [1.82, 2.24) is 24.5 Å². The van der Waals surface area contributed by atoms with Crippen LogP contribution in [0.5, 0.6) is 0 Å². The number of likely N-dealkylation sites (N-methyl/N-ethyl adjacent to an activating group) is 1. The van der Waals surface area contributed by atoms with Crippen molar-refractivity contribution in [1.29, 1.82) is 0 Å². The van der Waals surface area contributed by atoms with Crippen LogP contribution in [0, 0.1) is 0 Å². The van der Waals surface area contributed by atoms with Crippen LogP contribution in [0.25, 0.3) is 0 Å². The average molecular weight is 335 g/mol. The van der Waals surface area contributed by atoms with Gasteiger partial charge in [-0.15, -0.1) is 0 Å². The Labute approximate surface area is 142 Å². The Morgan fingerprint density at radius 1 is 1.12 bits per heavy atom. The molecule has 0 bridgehead atoms. The number of rotatable bonds is 6. The van der Waals surface area contributed by atoms with Gasteiger partial charge in [-0.1, -0.05) is 0 Å². The van der Waals surface area contributed by atoms with Crippen molar-refractivity contribution in [2.75, 3.05) is 45.8 Å². The smallest absolute Gasteiger partial charge is 0.295 e. The first kappa shape index (κ1) is 18.1. The summed E-state index contributed by atoms with van der Waals surface area (Å²) < 4.78 is 1.50. The molecule has 2 heterocycles. The van der Waals surface area contributed by atoms with E-state index in [9.17, 15) is 14.4 Å². The number of carbonyl (C=O) groups excluding carboxylic acids is 3. The Hall–Kier alpha value is -2.22. The number of hydrogen-bond acceptors (Lipinski definition) is 5. The van der Waals surface area contributed by atoms with E-state index in [1.165, 1.54) is 10.9 Å². The van der Waals surface area contributed by atoms with E-state index in [0.717, 1.165) is 0 Å². The van der Waals surface area contributed by atoms with Crippen LogP contribution in [0.2, 0.25) is 0 Å². The fourth-order valence-electron chi connectivity index (χ4n) is 2.78. The minimum atomic E-state index is -0.532. The zero-order valence-corrected chi connectivity index (χ0v) is 14.6. The van der Waals surface area contributed by atoms with Crippen LogP contribution in [0.3, 0.4) is 0 Å². The van der Waals surface area contributed by atoms with Crippen molar-refractivity contribution in [2.45, 2.75) is 13.8 Å². The van der Waals surface area contributed by atoms with Gasteiger partial charge in [0, 0.05) is 52.5 Å². The first-order valence-corrected chi connectivity index (χ1v) is 8.28. The van der Waals surface area contributed by atoms with Crippen LogP contribution in [-0.4, -0.2) is 87.9 Å². The molecule has 8 heteroatoms. The maximum absolute atomic E-state index is 12.3. The lowest BCUT2D eigenvalue weighted by Crippen LogP contribution is -2.52. The summed E-state index contributed by atoms with van der Waals surface area (Å²) in [7, 11) is 1.70. The van der Waals surface area contributed by atoms with Gasteiger partial charge in [0.05, 0.1) is 18.3 Å². The third-order valence-corrected chi connectivity index (χ3v) is 4.30. The molecule has 8 nitrogen and oxygen atoms in total. The van der Waals surface area contributed by atoms with E-state index in [-0.39, 0.29) is 5.91 Å². The first-order chi connectivity index (χ1) is 11.5. The topological polar surface area (TPSA) is 78.8 Å². The van der Waals surface area contributed by atoms with Crippen molar-refractivity contribution in [2.24, 2.45) is 7.05 Å². The number of aryl methyl sites for hydroxylation is 1. The molecule has 1 aliphatic heterocycles. The van der Waals surface area contributed by atoms with Crippen molar-refractivity contribution < 1.29 is 14.4 Å². The molecule has 132 valence electrons. The summed E-state index contributed by atoms with van der Waals surface area (Å²) in [4.78, 5) is 41.9. The van der Waals surface area contributed by atoms with Crippen molar-refractivity contribution in [3.8, 4) is 0 Å². The molecule has 0 spiro atoms. The number of amides is 2. The normalized spacial score (nSPS) is 15.4. The highest BCUT2D eigenvalue weighted by Gasteiger charge is 2.28. The van der Waals surface area contributed by atoms with Gasteiger partial charge in [-0.05, 0) is 13.8 Å². The molecule has 1 saturated heterocycles. The Morgan fingerprint density at radius 2 is 1.75 bits per heavy atom. The van der Waals surface area contributed by atoms with E-state index in [1.54, 1.807) is 23.0 Å². The summed E-state index contributed by atoms with van der Waals surface area (Å²) in [6.07, 6.45) is 2.94. The first-order valence-electron chi connectivity index (χ1n) is 8.28. The summed E-state index contributed by atoms with van der Waals surface area (Å²) in [5, 5.41) is 3.92. The van der Waals surface area contributed by atoms with Crippen LogP contribution in [0.1, 0.15) is 24.2 Å². The molecule has 0 N–H and O–H groups in total. The van der Waals surface area contributed by atoms with Crippen molar-refractivity contribution in [3.63, 3.8) is 0 Å². The lowest BCUT2D eigenvalue weighted by molar-refractivity contribution is -0.133. The quantitative estimate of drug-likeness (QED) is 0.523. The summed E-state index contributed by atoms with van der Waals surface area (Å²) in [6.45, 7) is 7.79. The molecule has 0 aromatic carbocycles. The second kappa shape index (κ2) is 8.05. The van der Waals surface area contributed by atoms with Gasteiger partial charge in [0.25, 0.3) is 11.7 Å². The lowest BCUT2D eigenvalue weighted by atomic mass is 10.2. The molecule has 0 radical (unpaired) electrons. The molecule has 24 heavy (non-hydrogen) atoms. The highest BCUT2D eigenvalue weighted by Crippen LogP contribution is 2.07. The van der Waals surface area contributed by atoms with Crippen molar-refractivity contribution in [3.05, 3.63) is 18.0 Å². The molecule has 1 aromatic heterocycles. The molecular weight excluding hydrogens is 310 g/mol. The Bertz CT molecular complexity index is 601. The fourth-order valence-corrected chi connectivity index (χ4v) is 2.78. The summed E-state index contributed by atoms with van der Waals surface area (Å²) >= 11 is 0. The van der Waals surface area contributed by atoms with Crippen molar-refractivity contribution >= 4 is 17.6 Å². The molecule has 0 atom stereocenters. The third-order valence-electron chi connectivity index (χ3n) is 4.30. The summed E-state index contributed by atoms with van der Waals surface area (Å²) in [6, 6.07) is 0. The Kier molecular flexibility index (Phi) is 6.08. The van der Waals surface area contributed by atoms with Crippen LogP contribution in [0.15, 0.2) is 12.4 Å². The second-order valence-electron chi connectivity index (χ2n) is 5.87. The predicted octanol–water partition coefficient (Wildman–Crippen LogP) is -0.385. The Balaban J connectivity index is 1.85. The highest BCUT2D eigenvalue weighted by molar-refractivity contribution is 6.42. The van der Waals surface area contributed by atoms with Crippen LogP contribution in [-0.2, 0) is 16.6 Å². The van der Waals surface area contributed by atoms with E-state index in [0.29, 0.717) is 51.4 Å². The molecule has 2 amide bonds.